The summed E-state index contributed by atoms with van der Waals surface area (Å²) in [6, 6.07) is 0. The maximum Gasteiger partial charge on any atom is 0.330 e. The largest absolute Gasteiger partial charge is 0.463 e. The van der Waals surface area contributed by atoms with Crippen molar-refractivity contribution in [3.05, 3.63) is 24.0 Å². The van der Waals surface area contributed by atoms with Crippen LogP contribution in [0.3, 0.4) is 0 Å². The highest BCUT2D eigenvalue weighted by atomic mass is 16.5. The summed E-state index contributed by atoms with van der Waals surface area (Å²) in [6.07, 6.45) is 5.96. The number of carbonyl (C=O) groups is 1. The van der Waals surface area contributed by atoms with Gasteiger partial charge in [0.15, 0.2) is 0 Å². The Kier molecular flexibility index (Phi) is 5.39. The van der Waals surface area contributed by atoms with E-state index in [4.69, 9.17) is 4.74 Å². The zero-order chi connectivity index (χ0) is 12.7. The number of carbonyl (C=O) groups excluding carboxylic acids is 1. The van der Waals surface area contributed by atoms with Crippen LogP contribution in [0.15, 0.2) is 18.3 Å². The minimum Gasteiger partial charge on any atom is -0.463 e. The van der Waals surface area contributed by atoms with Crippen LogP contribution in [-0.4, -0.2) is 27.6 Å². The predicted octanol–water partition coefficient (Wildman–Crippen LogP) is 1.91. The van der Waals surface area contributed by atoms with E-state index in [-0.39, 0.29) is 11.9 Å². The molecule has 0 aliphatic rings. The van der Waals surface area contributed by atoms with Crippen molar-refractivity contribution in [3.63, 3.8) is 0 Å². The SMILES string of the molecule is CCOC(=O)/C=C/CC(C)c1cn(CC)nn1. The molecule has 0 saturated heterocycles. The highest BCUT2D eigenvalue weighted by molar-refractivity contribution is 5.81. The van der Waals surface area contributed by atoms with Crippen LogP contribution < -0.4 is 0 Å². The molecule has 0 N–H and O–H groups in total. The molecule has 0 bridgehead atoms. The smallest absolute Gasteiger partial charge is 0.330 e. The summed E-state index contributed by atoms with van der Waals surface area (Å²) >= 11 is 0. The van der Waals surface area contributed by atoms with Gasteiger partial charge in [0.25, 0.3) is 0 Å². The number of aryl methyl sites for hydroxylation is 1. The number of rotatable bonds is 6. The number of nitrogens with zero attached hydrogens (tertiary/aromatic N) is 3. The van der Waals surface area contributed by atoms with E-state index >= 15 is 0 Å². The lowest BCUT2D eigenvalue weighted by Gasteiger charge is -2.02. The summed E-state index contributed by atoms with van der Waals surface area (Å²) in [6.45, 7) is 7.09. The maximum absolute atomic E-state index is 11.1. The molecule has 0 aromatic carbocycles. The molecular weight excluding hydrogens is 218 g/mol. The topological polar surface area (TPSA) is 57.0 Å². The molecule has 0 spiro atoms. The van der Waals surface area contributed by atoms with Crippen LogP contribution in [0.2, 0.25) is 0 Å². The maximum atomic E-state index is 11.1. The molecule has 1 heterocycles. The van der Waals surface area contributed by atoms with Gasteiger partial charge in [-0.25, -0.2) is 4.79 Å². The van der Waals surface area contributed by atoms with Crippen molar-refractivity contribution in [2.24, 2.45) is 0 Å². The van der Waals surface area contributed by atoms with Crippen molar-refractivity contribution in [1.82, 2.24) is 15.0 Å². The molecule has 1 rings (SSSR count). The molecule has 0 amide bonds. The van der Waals surface area contributed by atoms with Gasteiger partial charge >= 0.3 is 5.97 Å². The molecule has 0 radical (unpaired) electrons. The zero-order valence-electron chi connectivity index (χ0n) is 10.6. The first-order chi connectivity index (χ1) is 8.17. The van der Waals surface area contributed by atoms with E-state index in [2.05, 4.69) is 17.2 Å². The summed E-state index contributed by atoms with van der Waals surface area (Å²) in [4.78, 5) is 11.1. The van der Waals surface area contributed by atoms with Gasteiger partial charge in [-0.2, -0.15) is 0 Å². The third-order valence-electron chi connectivity index (χ3n) is 2.42. The number of hydrogen-bond donors (Lipinski definition) is 0. The number of hydrogen-bond acceptors (Lipinski definition) is 4. The summed E-state index contributed by atoms with van der Waals surface area (Å²) in [5.74, 6) is -0.0436. The number of allylic oxidation sites excluding steroid dienone is 1. The second-order valence-corrected chi connectivity index (χ2v) is 3.79. The van der Waals surface area contributed by atoms with Crippen molar-refractivity contribution < 1.29 is 9.53 Å². The lowest BCUT2D eigenvalue weighted by molar-refractivity contribution is -0.137. The monoisotopic (exact) mass is 237 g/mol. The quantitative estimate of drug-likeness (QED) is 0.560. The second kappa shape index (κ2) is 6.83. The van der Waals surface area contributed by atoms with Gasteiger partial charge in [0, 0.05) is 24.7 Å². The van der Waals surface area contributed by atoms with Crippen LogP contribution >= 0.6 is 0 Å². The molecule has 1 unspecified atom stereocenters. The van der Waals surface area contributed by atoms with Gasteiger partial charge in [-0.05, 0) is 20.3 Å². The molecule has 0 saturated carbocycles. The standard InChI is InChI=1S/C12H19N3O2/c1-4-15-9-11(13-14-15)10(3)7-6-8-12(16)17-5-2/h6,8-10H,4-5,7H2,1-3H3/b8-6+. The summed E-state index contributed by atoms with van der Waals surface area (Å²) in [7, 11) is 0. The van der Waals surface area contributed by atoms with Gasteiger partial charge in [-0.1, -0.05) is 18.2 Å². The van der Waals surface area contributed by atoms with E-state index < -0.39 is 0 Å². The van der Waals surface area contributed by atoms with Gasteiger partial charge in [-0.15, -0.1) is 5.10 Å². The number of aromatic nitrogens is 3. The number of esters is 1. The van der Waals surface area contributed by atoms with Crippen molar-refractivity contribution in [1.29, 1.82) is 0 Å². The van der Waals surface area contributed by atoms with E-state index in [0.717, 1.165) is 18.7 Å². The Morgan fingerprint density at radius 2 is 2.35 bits per heavy atom. The fraction of sp³-hybridized carbons (Fsp3) is 0.583. The van der Waals surface area contributed by atoms with Crippen molar-refractivity contribution in [3.8, 4) is 0 Å². The summed E-state index contributed by atoms with van der Waals surface area (Å²) in [5, 5.41) is 8.06. The molecule has 0 aliphatic carbocycles. The minimum absolute atomic E-state index is 0.251. The fourth-order valence-electron chi connectivity index (χ4n) is 1.37. The molecular formula is C12H19N3O2. The summed E-state index contributed by atoms with van der Waals surface area (Å²) < 4.78 is 6.59. The van der Waals surface area contributed by atoms with Gasteiger partial charge in [0.05, 0.1) is 12.3 Å². The second-order valence-electron chi connectivity index (χ2n) is 3.79. The van der Waals surface area contributed by atoms with Crippen molar-refractivity contribution in [2.75, 3.05) is 6.61 Å². The summed E-state index contributed by atoms with van der Waals surface area (Å²) in [5.41, 5.74) is 0.945. The molecule has 94 valence electrons. The van der Waals surface area contributed by atoms with Crippen LogP contribution in [0.4, 0.5) is 0 Å². The van der Waals surface area contributed by atoms with E-state index in [1.807, 2.05) is 19.2 Å². The first-order valence-corrected chi connectivity index (χ1v) is 5.90. The minimum atomic E-state index is -0.295. The molecule has 5 heteroatoms. The molecule has 0 fully saturated rings. The fourth-order valence-corrected chi connectivity index (χ4v) is 1.37. The Hall–Kier alpha value is -1.65. The van der Waals surface area contributed by atoms with Crippen molar-refractivity contribution >= 4 is 5.97 Å². The van der Waals surface area contributed by atoms with Gasteiger partial charge < -0.3 is 4.74 Å². The molecule has 0 aliphatic heterocycles. The normalized spacial score (nSPS) is 12.9. The van der Waals surface area contributed by atoms with Crippen LogP contribution in [0, 0.1) is 0 Å². The Morgan fingerprint density at radius 1 is 1.59 bits per heavy atom. The average Bonchev–Trinajstić information content (AvgIpc) is 2.77. The number of ether oxygens (including phenoxy) is 1. The van der Waals surface area contributed by atoms with E-state index in [0.29, 0.717) is 6.61 Å². The van der Waals surface area contributed by atoms with Crippen LogP contribution in [-0.2, 0) is 16.1 Å². The first kappa shape index (κ1) is 13.4. The van der Waals surface area contributed by atoms with Gasteiger partial charge in [0.1, 0.15) is 0 Å². The van der Waals surface area contributed by atoms with Gasteiger partial charge in [0.2, 0.25) is 0 Å². The Labute approximate surface area is 101 Å². The van der Waals surface area contributed by atoms with Gasteiger partial charge in [-0.3, -0.25) is 4.68 Å². The van der Waals surface area contributed by atoms with Crippen molar-refractivity contribution in [2.45, 2.75) is 39.7 Å². The predicted molar refractivity (Wildman–Crippen MR) is 64.5 cm³/mol. The van der Waals surface area contributed by atoms with E-state index in [1.54, 1.807) is 11.6 Å². The lowest BCUT2D eigenvalue weighted by atomic mass is 10.0. The van der Waals surface area contributed by atoms with Crippen LogP contribution in [0.1, 0.15) is 38.8 Å². The molecule has 1 aromatic rings. The van der Waals surface area contributed by atoms with E-state index in [1.165, 1.54) is 6.08 Å². The average molecular weight is 237 g/mol. The molecule has 1 atom stereocenters. The molecule has 5 nitrogen and oxygen atoms in total. The third kappa shape index (κ3) is 4.38. The highest BCUT2D eigenvalue weighted by Crippen LogP contribution is 2.16. The Morgan fingerprint density at radius 3 is 2.94 bits per heavy atom. The van der Waals surface area contributed by atoms with Crippen LogP contribution in [0.25, 0.3) is 0 Å². The van der Waals surface area contributed by atoms with E-state index in [9.17, 15) is 4.79 Å². The first-order valence-electron chi connectivity index (χ1n) is 5.90. The third-order valence-corrected chi connectivity index (χ3v) is 2.42. The lowest BCUT2D eigenvalue weighted by Crippen LogP contribution is -1.99. The zero-order valence-corrected chi connectivity index (χ0v) is 10.6. The molecule has 17 heavy (non-hydrogen) atoms. The Bertz CT molecular complexity index is 385. The van der Waals surface area contributed by atoms with Crippen LogP contribution in [0.5, 0.6) is 0 Å². The molecule has 1 aromatic heterocycles. The Balaban J connectivity index is 2.43. The highest BCUT2D eigenvalue weighted by Gasteiger charge is 2.08.